The molecule has 2 rings (SSSR count). The smallest absolute Gasteiger partial charge is 0.490 e. The maximum atomic E-state index is 13.1. The van der Waals surface area contributed by atoms with E-state index in [4.69, 9.17) is 25.1 Å². The average Bonchev–Trinajstić information content (AvgIpc) is 2.86. The van der Waals surface area contributed by atoms with Gasteiger partial charge in [-0.25, -0.2) is 9.79 Å². The van der Waals surface area contributed by atoms with Gasteiger partial charge in [-0.15, -0.1) is 0 Å². The Morgan fingerprint density at radius 2 is 1.59 bits per heavy atom. The molecule has 0 radical (unpaired) electrons. The van der Waals surface area contributed by atoms with Gasteiger partial charge in [-0.05, 0) is 35.6 Å². The van der Waals surface area contributed by atoms with Crippen LogP contribution in [-0.2, 0) is 27.2 Å². The number of alkyl halides is 3. The summed E-state index contributed by atoms with van der Waals surface area (Å²) >= 11 is 0. The van der Waals surface area contributed by atoms with Crippen LogP contribution in [0.1, 0.15) is 37.8 Å². The predicted molar refractivity (Wildman–Crippen MR) is 140 cm³/mol. The Labute approximate surface area is 225 Å². The van der Waals surface area contributed by atoms with Gasteiger partial charge in [0.05, 0.1) is 14.2 Å². The SMILES string of the molecule is COc1ccc(CCC(=O)[C@@H](Cc2ccccc2)N=C(N)NC(=O)CC(C)C)cc1OC.O=C(O)C(F)(F)F. The van der Waals surface area contributed by atoms with Gasteiger partial charge in [0.2, 0.25) is 5.91 Å². The number of nitrogens with one attached hydrogen (secondary N) is 1. The number of nitrogens with two attached hydrogens (primary N) is 1. The average molecular weight is 554 g/mol. The highest BCUT2D eigenvalue weighted by atomic mass is 19.4. The number of nitrogens with zero attached hydrogens (tertiary/aromatic N) is 1. The lowest BCUT2D eigenvalue weighted by Gasteiger charge is -2.15. The monoisotopic (exact) mass is 553 g/mol. The Kier molecular flexibility index (Phi) is 13.5. The summed E-state index contributed by atoms with van der Waals surface area (Å²) in [5, 5.41) is 9.72. The number of ether oxygens (including phenoxy) is 2. The third-order valence-corrected chi connectivity index (χ3v) is 5.15. The number of aryl methyl sites for hydroxylation is 1. The summed E-state index contributed by atoms with van der Waals surface area (Å²) in [6.45, 7) is 3.89. The topological polar surface area (TPSA) is 140 Å². The number of amides is 1. The van der Waals surface area contributed by atoms with E-state index in [-0.39, 0.29) is 30.0 Å². The molecule has 1 amide bonds. The lowest BCUT2D eigenvalue weighted by molar-refractivity contribution is -0.192. The first kappa shape index (κ1) is 32.9. The molecule has 0 unspecified atom stereocenters. The Morgan fingerprint density at radius 1 is 1.00 bits per heavy atom. The van der Waals surface area contributed by atoms with E-state index in [0.717, 1.165) is 11.1 Å². The number of aliphatic carboxylic acids is 1. The summed E-state index contributed by atoms with van der Waals surface area (Å²) in [5.41, 5.74) is 7.88. The number of carboxylic acids is 1. The first-order valence-corrected chi connectivity index (χ1v) is 12.0. The summed E-state index contributed by atoms with van der Waals surface area (Å²) in [5.74, 6) is -1.59. The van der Waals surface area contributed by atoms with Gasteiger partial charge in [0.1, 0.15) is 6.04 Å². The van der Waals surface area contributed by atoms with Crippen LogP contribution in [0.5, 0.6) is 11.5 Å². The van der Waals surface area contributed by atoms with Gasteiger partial charge in [0.15, 0.2) is 23.2 Å². The lowest BCUT2D eigenvalue weighted by atomic mass is 9.98. The van der Waals surface area contributed by atoms with Crippen molar-refractivity contribution in [3.05, 3.63) is 59.7 Å². The number of carbonyl (C=O) groups is 3. The van der Waals surface area contributed by atoms with Gasteiger partial charge in [-0.3, -0.25) is 14.9 Å². The minimum absolute atomic E-state index is 0.0314. The molecule has 0 aliphatic heterocycles. The molecule has 0 aliphatic carbocycles. The third kappa shape index (κ3) is 12.8. The second kappa shape index (κ2) is 16.0. The first-order chi connectivity index (χ1) is 18.3. The van der Waals surface area contributed by atoms with Crippen molar-refractivity contribution in [3.8, 4) is 11.5 Å². The zero-order chi connectivity index (χ0) is 29.6. The molecule has 214 valence electrons. The van der Waals surface area contributed by atoms with E-state index in [0.29, 0.717) is 30.8 Å². The summed E-state index contributed by atoms with van der Waals surface area (Å²) in [6.07, 6.45) is -3.53. The van der Waals surface area contributed by atoms with Gasteiger partial charge in [-0.2, -0.15) is 13.2 Å². The molecular formula is C27H34F3N3O6. The van der Waals surface area contributed by atoms with Gasteiger partial charge < -0.3 is 20.3 Å². The molecule has 0 spiro atoms. The Hall–Kier alpha value is -4.09. The van der Waals surface area contributed by atoms with Gasteiger partial charge in [0.25, 0.3) is 0 Å². The third-order valence-electron chi connectivity index (χ3n) is 5.15. The number of halogens is 3. The van der Waals surface area contributed by atoms with Gasteiger partial charge in [-0.1, -0.05) is 50.2 Å². The quantitative estimate of drug-likeness (QED) is 0.283. The molecular weight excluding hydrogens is 519 g/mol. The van der Waals surface area contributed by atoms with Crippen molar-refractivity contribution in [2.24, 2.45) is 16.6 Å². The second-order valence-electron chi connectivity index (χ2n) is 8.82. The molecule has 12 heteroatoms. The van der Waals surface area contributed by atoms with Crippen LogP contribution < -0.4 is 20.5 Å². The van der Waals surface area contributed by atoms with Crippen molar-refractivity contribution in [1.29, 1.82) is 0 Å². The second-order valence-corrected chi connectivity index (χ2v) is 8.82. The molecule has 0 heterocycles. The van der Waals surface area contributed by atoms with E-state index in [1.165, 1.54) is 0 Å². The van der Waals surface area contributed by atoms with Crippen molar-refractivity contribution in [1.82, 2.24) is 5.32 Å². The molecule has 2 aromatic carbocycles. The van der Waals surface area contributed by atoms with Crippen LogP contribution in [0.15, 0.2) is 53.5 Å². The molecule has 2 aromatic rings. The Morgan fingerprint density at radius 3 is 2.10 bits per heavy atom. The normalized spacial score (nSPS) is 12.2. The predicted octanol–water partition coefficient (Wildman–Crippen LogP) is 3.93. The standard InChI is InChI=1S/C25H33N3O4.C2HF3O2/c1-17(2)14-24(30)28-25(26)27-20(15-18-8-6-5-7-9-18)21(29)12-10-19-11-13-22(31-3)23(16-19)32-4;3-2(4,5)1(6)7/h5-9,11,13,16-17,20H,10,12,14-15H2,1-4H3,(H3,26,27,28,30);(H,6,7)/t20-;/m1./s1. The fourth-order valence-electron chi connectivity index (χ4n) is 3.30. The van der Waals surface area contributed by atoms with Crippen LogP contribution in [0.4, 0.5) is 13.2 Å². The molecule has 1 atom stereocenters. The number of Topliss-reactive ketones (excluding diaryl/α,β-unsaturated/α-hetero) is 1. The maximum absolute atomic E-state index is 13.1. The zero-order valence-corrected chi connectivity index (χ0v) is 22.2. The number of methoxy groups -OCH3 is 2. The van der Waals surface area contributed by atoms with Crippen LogP contribution in [0, 0.1) is 5.92 Å². The molecule has 4 N–H and O–H groups in total. The van der Waals surface area contributed by atoms with Crippen LogP contribution in [0.2, 0.25) is 0 Å². The highest BCUT2D eigenvalue weighted by molar-refractivity contribution is 5.97. The zero-order valence-electron chi connectivity index (χ0n) is 22.2. The van der Waals surface area contributed by atoms with Crippen LogP contribution in [0.25, 0.3) is 0 Å². The minimum atomic E-state index is -5.08. The molecule has 0 bridgehead atoms. The number of guanidine groups is 1. The van der Waals surface area contributed by atoms with E-state index < -0.39 is 18.2 Å². The van der Waals surface area contributed by atoms with Crippen LogP contribution >= 0.6 is 0 Å². The largest absolute Gasteiger partial charge is 0.493 e. The number of rotatable bonds is 11. The summed E-state index contributed by atoms with van der Waals surface area (Å²) < 4.78 is 42.3. The summed E-state index contributed by atoms with van der Waals surface area (Å²) in [6, 6.07) is 14.5. The summed E-state index contributed by atoms with van der Waals surface area (Å²) in [7, 11) is 3.16. The molecule has 39 heavy (non-hydrogen) atoms. The highest BCUT2D eigenvalue weighted by Gasteiger charge is 2.38. The molecule has 0 aromatic heterocycles. The van der Waals surface area contributed by atoms with Gasteiger partial charge >= 0.3 is 12.1 Å². The van der Waals surface area contributed by atoms with Crippen molar-refractivity contribution in [3.63, 3.8) is 0 Å². The number of aliphatic imine (C=N–C) groups is 1. The van der Waals surface area contributed by atoms with Crippen LogP contribution in [-0.4, -0.2) is 55.2 Å². The number of carbonyl (C=O) groups excluding carboxylic acids is 2. The van der Waals surface area contributed by atoms with E-state index >= 15 is 0 Å². The maximum Gasteiger partial charge on any atom is 0.490 e. The number of hydrogen-bond donors (Lipinski definition) is 3. The Bertz CT molecular complexity index is 1120. The van der Waals surface area contributed by atoms with E-state index in [9.17, 15) is 22.8 Å². The van der Waals surface area contributed by atoms with Crippen molar-refractivity contribution in [2.45, 2.75) is 51.7 Å². The summed E-state index contributed by atoms with van der Waals surface area (Å²) in [4.78, 5) is 38.3. The van der Waals surface area contributed by atoms with Crippen molar-refractivity contribution >= 4 is 23.6 Å². The first-order valence-electron chi connectivity index (χ1n) is 12.0. The fourth-order valence-corrected chi connectivity index (χ4v) is 3.30. The molecule has 0 aliphatic rings. The van der Waals surface area contributed by atoms with E-state index in [2.05, 4.69) is 10.3 Å². The highest BCUT2D eigenvalue weighted by Crippen LogP contribution is 2.28. The van der Waals surface area contributed by atoms with Gasteiger partial charge in [0, 0.05) is 19.3 Å². The lowest BCUT2D eigenvalue weighted by Crippen LogP contribution is -2.39. The van der Waals surface area contributed by atoms with Crippen LogP contribution in [0.3, 0.4) is 0 Å². The van der Waals surface area contributed by atoms with Crippen molar-refractivity contribution in [2.75, 3.05) is 14.2 Å². The number of carboxylic acid groups (broad SMARTS) is 1. The fraction of sp³-hybridized carbons (Fsp3) is 0.407. The van der Waals surface area contributed by atoms with E-state index in [1.54, 1.807) is 14.2 Å². The molecule has 0 saturated carbocycles. The Balaban J connectivity index is 0.000000956. The van der Waals surface area contributed by atoms with Crippen molar-refractivity contribution < 1.29 is 42.1 Å². The number of hydrogen-bond acceptors (Lipinski definition) is 6. The van der Waals surface area contributed by atoms with E-state index in [1.807, 2.05) is 62.4 Å². The molecule has 0 fully saturated rings. The minimum Gasteiger partial charge on any atom is -0.493 e. The molecule has 9 nitrogen and oxygen atoms in total. The molecule has 0 saturated heterocycles. The number of ketones is 1. The number of benzene rings is 2.